The van der Waals surface area contributed by atoms with Crippen LogP contribution in [0.15, 0.2) is 29.3 Å². The molecule has 0 atom stereocenters. The van der Waals surface area contributed by atoms with Gasteiger partial charge in [0, 0.05) is 32.7 Å². The van der Waals surface area contributed by atoms with Crippen molar-refractivity contribution in [1.29, 1.82) is 0 Å². The summed E-state index contributed by atoms with van der Waals surface area (Å²) in [6, 6.07) is 8.01. The van der Waals surface area contributed by atoms with E-state index in [0.29, 0.717) is 19.7 Å². The number of hydrogen-bond acceptors (Lipinski definition) is 6. The average molecular weight is 360 g/mol. The number of aliphatic imine (C=N–C) groups is 1. The molecule has 0 aromatic heterocycles. The van der Waals surface area contributed by atoms with Crippen LogP contribution in [0.5, 0.6) is 5.75 Å². The van der Waals surface area contributed by atoms with Crippen LogP contribution in [0, 0.1) is 0 Å². The second-order valence-electron chi connectivity index (χ2n) is 7.47. The van der Waals surface area contributed by atoms with Crippen molar-refractivity contribution in [2.24, 2.45) is 4.99 Å². The largest absolute Gasteiger partial charge is 0.484 e. The number of amidine groups is 1. The van der Waals surface area contributed by atoms with Gasteiger partial charge in [0.15, 0.2) is 0 Å². The van der Waals surface area contributed by atoms with Gasteiger partial charge < -0.3 is 24.6 Å². The number of para-hydroxylation sites is 2. The first-order valence-electron chi connectivity index (χ1n) is 9.14. The molecule has 1 fully saturated rings. The molecule has 1 aromatic rings. The van der Waals surface area contributed by atoms with Crippen LogP contribution in [0.1, 0.15) is 20.8 Å². The summed E-state index contributed by atoms with van der Waals surface area (Å²) in [7, 11) is 0. The predicted octanol–water partition coefficient (Wildman–Crippen LogP) is 2.12. The summed E-state index contributed by atoms with van der Waals surface area (Å²) < 4.78 is 11.4. The van der Waals surface area contributed by atoms with Crippen molar-refractivity contribution in [2.45, 2.75) is 26.4 Å². The van der Waals surface area contributed by atoms with Crippen LogP contribution < -0.4 is 15.0 Å². The molecule has 0 spiro atoms. The number of nitrogens with one attached hydrogen (secondary N) is 1. The van der Waals surface area contributed by atoms with Gasteiger partial charge in [0.2, 0.25) is 0 Å². The molecule has 7 heteroatoms. The molecule has 2 aliphatic heterocycles. The quantitative estimate of drug-likeness (QED) is 0.891. The Labute approximate surface area is 155 Å². The van der Waals surface area contributed by atoms with Gasteiger partial charge in [-0.15, -0.1) is 0 Å². The monoisotopic (exact) mass is 360 g/mol. The fraction of sp³-hybridized carbons (Fsp3) is 0.579. The molecule has 142 valence electrons. The number of nitrogens with zero attached hydrogens (tertiary/aromatic N) is 3. The minimum absolute atomic E-state index is 0.244. The molecule has 3 rings (SSSR count). The van der Waals surface area contributed by atoms with Gasteiger partial charge in [0.25, 0.3) is 0 Å². The summed E-state index contributed by atoms with van der Waals surface area (Å²) in [5.74, 6) is 1.74. The molecule has 2 heterocycles. The molecule has 7 nitrogen and oxygen atoms in total. The topological polar surface area (TPSA) is 66.4 Å². The molecule has 1 amide bonds. The number of rotatable bonds is 4. The molecular weight excluding hydrogens is 332 g/mol. The van der Waals surface area contributed by atoms with Gasteiger partial charge in [0.05, 0.1) is 12.2 Å². The molecule has 0 radical (unpaired) electrons. The predicted molar refractivity (Wildman–Crippen MR) is 102 cm³/mol. The summed E-state index contributed by atoms with van der Waals surface area (Å²) in [6.07, 6.45) is -0.244. The number of piperazine rings is 1. The minimum atomic E-state index is -0.467. The summed E-state index contributed by atoms with van der Waals surface area (Å²) >= 11 is 0. The maximum Gasteiger partial charge on any atom is 0.410 e. The van der Waals surface area contributed by atoms with Gasteiger partial charge in [-0.05, 0) is 32.9 Å². The molecule has 0 unspecified atom stereocenters. The first-order chi connectivity index (χ1) is 12.4. The Morgan fingerprint density at radius 2 is 1.92 bits per heavy atom. The van der Waals surface area contributed by atoms with Crippen LogP contribution in [-0.4, -0.2) is 68.3 Å². The van der Waals surface area contributed by atoms with Gasteiger partial charge in [-0.3, -0.25) is 4.99 Å². The second-order valence-corrected chi connectivity index (χ2v) is 7.47. The van der Waals surface area contributed by atoms with Crippen molar-refractivity contribution in [3.8, 4) is 5.75 Å². The second kappa shape index (κ2) is 7.85. The Balaban J connectivity index is 1.58. The van der Waals surface area contributed by atoms with Gasteiger partial charge in [0.1, 0.15) is 23.8 Å². The lowest BCUT2D eigenvalue weighted by atomic mass is 10.2. The highest BCUT2D eigenvalue weighted by molar-refractivity contribution is 5.85. The maximum atomic E-state index is 12.2. The smallest absolute Gasteiger partial charge is 0.410 e. The fourth-order valence-corrected chi connectivity index (χ4v) is 2.99. The number of amides is 1. The van der Waals surface area contributed by atoms with E-state index < -0.39 is 5.60 Å². The summed E-state index contributed by atoms with van der Waals surface area (Å²) in [5.41, 5.74) is 0.584. The standard InChI is InChI=1S/C19H28N4O3/c1-19(2,3)26-18(24)23-12-10-22(11-13-23)15-6-4-5-7-16(15)25-14-17-20-8-9-21-17/h4-7H,8-14H2,1-3H3,(H,20,21). The van der Waals surface area contributed by atoms with E-state index in [9.17, 15) is 4.79 Å². The Kier molecular flexibility index (Phi) is 5.54. The normalized spacial score (nSPS) is 17.6. The number of benzene rings is 1. The van der Waals surface area contributed by atoms with Crippen LogP contribution in [0.3, 0.4) is 0 Å². The first-order valence-corrected chi connectivity index (χ1v) is 9.14. The zero-order valence-corrected chi connectivity index (χ0v) is 15.8. The van der Waals surface area contributed by atoms with Crippen LogP contribution in [0.25, 0.3) is 0 Å². The zero-order chi connectivity index (χ0) is 18.6. The highest BCUT2D eigenvalue weighted by Crippen LogP contribution is 2.29. The molecule has 0 bridgehead atoms. The van der Waals surface area contributed by atoms with Crippen LogP contribution in [0.2, 0.25) is 0 Å². The molecule has 2 aliphatic rings. The van der Waals surface area contributed by atoms with E-state index in [0.717, 1.165) is 43.5 Å². The fourth-order valence-electron chi connectivity index (χ4n) is 2.99. The van der Waals surface area contributed by atoms with Crippen LogP contribution >= 0.6 is 0 Å². The molecule has 1 aromatic carbocycles. The Morgan fingerprint density at radius 1 is 1.19 bits per heavy atom. The van der Waals surface area contributed by atoms with Crippen LogP contribution in [0.4, 0.5) is 10.5 Å². The van der Waals surface area contributed by atoms with Gasteiger partial charge in [-0.1, -0.05) is 12.1 Å². The lowest BCUT2D eigenvalue weighted by Gasteiger charge is -2.37. The van der Waals surface area contributed by atoms with Crippen LogP contribution in [-0.2, 0) is 4.74 Å². The molecule has 1 saturated heterocycles. The van der Waals surface area contributed by atoms with Gasteiger partial charge in [-0.25, -0.2) is 4.79 Å². The van der Waals surface area contributed by atoms with E-state index in [1.165, 1.54) is 0 Å². The van der Waals surface area contributed by atoms with E-state index >= 15 is 0 Å². The van der Waals surface area contributed by atoms with E-state index in [4.69, 9.17) is 9.47 Å². The SMILES string of the molecule is CC(C)(C)OC(=O)N1CCN(c2ccccc2OCC2=NCCN2)CC1. The number of hydrogen-bond donors (Lipinski definition) is 1. The minimum Gasteiger partial charge on any atom is -0.484 e. The lowest BCUT2D eigenvalue weighted by molar-refractivity contribution is 0.0240. The number of carbonyl (C=O) groups is 1. The van der Waals surface area contributed by atoms with E-state index in [1.807, 2.05) is 39.0 Å². The van der Waals surface area contributed by atoms with Crippen molar-refractivity contribution >= 4 is 17.6 Å². The Hall–Kier alpha value is -2.44. The first kappa shape index (κ1) is 18.4. The maximum absolute atomic E-state index is 12.2. The highest BCUT2D eigenvalue weighted by atomic mass is 16.6. The third-order valence-electron chi connectivity index (χ3n) is 4.25. The van der Waals surface area contributed by atoms with Crippen molar-refractivity contribution in [3.05, 3.63) is 24.3 Å². The van der Waals surface area contributed by atoms with Gasteiger partial charge in [-0.2, -0.15) is 0 Å². The summed E-state index contributed by atoms with van der Waals surface area (Å²) in [5, 5.41) is 3.22. The number of ether oxygens (including phenoxy) is 2. The molecule has 0 aliphatic carbocycles. The number of anilines is 1. The highest BCUT2D eigenvalue weighted by Gasteiger charge is 2.26. The number of carbonyl (C=O) groups excluding carboxylic acids is 1. The van der Waals surface area contributed by atoms with E-state index in [2.05, 4.69) is 21.3 Å². The average Bonchev–Trinajstić information content (AvgIpc) is 3.12. The van der Waals surface area contributed by atoms with Crippen molar-refractivity contribution in [2.75, 3.05) is 50.8 Å². The molecular formula is C19H28N4O3. The summed E-state index contributed by atoms with van der Waals surface area (Å²) in [6.45, 7) is 10.6. The zero-order valence-electron chi connectivity index (χ0n) is 15.8. The molecule has 0 saturated carbocycles. The Bertz CT molecular complexity index is 661. The van der Waals surface area contributed by atoms with Crippen molar-refractivity contribution < 1.29 is 14.3 Å². The van der Waals surface area contributed by atoms with E-state index in [-0.39, 0.29) is 6.09 Å². The van der Waals surface area contributed by atoms with Crippen molar-refractivity contribution in [1.82, 2.24) is 10.2 Å². The lowest BCUT2D eigenvalue weighted by Crippen LogP contribution is -2.50. The molecule has 26 heavy (non-hydrogen) atoms. The molecule has 1 N–H and O–H groups in total. The Morgan fingerprint density at radius 3 is 2.58 bits per heavy atom. The third kappa shape index (κ3) is 4.80. The van der Waals surface area contributed by atoms with Crippen molar-refractivity contribution in [3.63, 3.8) is 0 Å². The summed E-state index contributed by atoms with van der Waals surface area (Å²) in [4.78, 5) is 20.6. The third-order valence-corrected chi connectivity index (χ3v) is 4.25. The van der Waals surface area contributed by atoms with Gasteiger partial charge >= 0.3 is 6.09 Å². The van der Waals surface area contributed by atoms with E-state index in [1.54, 1.807) is 4.90 Å².